The summed E-state index contributed by atoms with van der Waals surface area (Å²) in [6, 6.07) is 9.84. The molecule has 126 valence electrons. The van der Waals surface area contributed by atoms with Gasteiger partial charge in [0.15, 0.2) is 6.61 Å². The van der Waals surface area contributed by atoms with Crippen LogP contribution in [0.25, 0.3) is 0 Å². The van der Waals surface area contributed by atoms with Gasteiger partial charge in [-0.25, -0.2) is 0 Å². The van der Waals surface area contributed by atoms with Gasteiger partial charge < -0.3 is 10.1 Å². The molecule has 1 aliphatic rings. The second-order valence-electron chi connectivity index (χ2n) is 6.36. The summed E-state index contributed by atoms with van der Waals surface area (Å²) in [7, 11) is 0. The van der Waals surface area contributed by atoms with E-state index in [9.17, 15) is 4.79 Å². The number of nitrogens with one attached hydrogen (secondary N) is 1. The Morgan fingerprint density at radius 3 is 2.62 bits per heavy atom. The van der Waals surface area contributed by atoms with Crippen molar-refractivity contribution in [2.24, 2.45) is 0 Å². The molecule has 0 heterocycles. The highest BCUT2D eigenvalue weighted by Crippen LogP contribution is 2.28. The summed E-state index contributed by atoms with van der Waals surface area (Å²) in [6.45, 7) is 3.85. The van der Waals surface area contributed by atoms with Crippen molar-refractivity contribution in [1.82, 2.24) is 0 Å². The number of benzene rings is 2. The topological polar surface area (TPSA) is 38.3 Å². The molecular formula is C20H22ClNO2. The minimum Gasteiger partial charge on any atom is -0.484 e. The smallest absolute Gasteiger partial charge is 0.262 e. The highest BCUT2D eigenvalue weighted by Gasteiger charge is 2.14. The third-order valence-electron chi connectivity index (χ3n) is 4.45. The van der Waals surface area contributed by atoms with Crippen molar-refractivity contribution < 1.29 is 9.53 Å². The number of ether oxygens (including phenoxy) is 1. The van der Waals surface area contributed by atoms with E-state index in [1.54, 1.807) is 0 Å². The number of carbonyl (C=O) groups is 1. The van der Waals surface area contributed by atoms with Crippen LogP contribution >= 0.6 is 11.6 Å². The Labute approximate surface area is 148 Å². The van der Waals surface area contributed by atoms with Crippen LogP contribution in [0, 0.1) is 13.8 Å². The molecule has 1 amide bonds. The van der Waals surface area contributed by atoms with Crippen LogP contribution in [0.3, 0.4) is 0 Å². The van der Waals surface area contributed by atoms with Crippen LogP contribution in [0.5, 0.6) is 5.75 Å². The summed E-state index contributed by atoms with van der Waals surface area (Å²) in [4.78, 5) is 12.2. The van der Waals surface area contributed by atoms with Crippen LogP contribution in [-0.4, -0.2) is 12.5 Å². The molecule has 0 radical (unpaired) electrons. The van der Waals surface area contributed by atoms with Gasteiger partial charge in [0.1, 0.15) is 5.75 Å². The van der Waals surface area contributed by atoms with Gasteiger partial charge in [0.2, 0.25) is 0 Å². The predicted octanol–water partition coefficient (Wildman–Crippen LogP) is 4.85. The zero-order chi connectivity index (χ0) is 17.1. The molecule has 2 aromatic carbocycles. The summed E-state index contributed by atoms with van der Waals surface area (Å²) in [6.07, 6.45) is 4.53. The number of rotatable bonds is 4. The Balaban J connectivity index is 1.65. The Morgan fingerprint density at radius 1 is 1.17 bits per heavy atom. The number of carbonyl (C=O) groups excluding carboxylic acids is 1. The molecule has 0 unspecified atom stereocenters. The maximum Gasteiger partial charge on any atom is 0.262 e. The fourth-order valence-electron chi connectivity index (χ4n) is 3.22. The molecule has 0 atom stereocenters. The summed E-state index contributed by atoms with van der Waals surface area (Å²) in [5.74, 6) is 0.527. The Kier molecular flexibility index (Phi) is 5.10. The van der Waals surface area contributed by atoms with Crippen LogP contribution in [0.2, 0.25) is 5.02 Å². The van der Waals surface area contributed by atoms with Crippen LogP contribution in [-0.2, 0) is 17.6 Å². The first-order valence-electron chi connectivity index (χ1n) is 8.35. The second-order valence-corrected chi connectivity index (χ2v) is 6.74. The summed E-state index contributed by atoms with van der Waals surface area (Å²) >= 11 is 6.15. The molecule has 4 heteroatoms. The van der Waals surface area contributed by atoms with Crippen molar-refractivity contribution in [2.75, 3.05) is 11.9 Å². The third kappa shape index (κ3) is 3.73. The van der Waals surface area contributed by atoms with Gasteiger partial charge in [-0.15, -0.1) is 0 Å². The Bertz CT molecular complexity index is 747. The van der Waals surface area contributed by atoms with Crippen molar-refractivity contribution in [3.05, 3.63) is 57.6 Å². The average Bonchev–Trinajstić information content (AvgIpc) is 2.58. The molecular weight excluding hydrogens is 322 g/mol. The van der Waals surface area contributed by atoms with Gasteiger partial charge in [-0.3, -0.25) is 4.79 Å². The molecule has 0 spiro atoms. The van der Waals surface area contributed by atoms with Crippen LogP contribution < -0.4 is 10.1 Å². The molecule has 0 aliphatic heterocycles. The lowest BCUT2D eigenvalue weighted by Gasteiger charge is -2.19. The molecule has 3 nitrogen and oxygen atoms in total. The number of anilines is 1. The third-order valence-corrected chi connectivity index (χ3v) is 5.05. The standard InChI is InChI=1S/C20H22ClNO2/c1-13-10-16(11-14(2)20(13)21)24-12-19(23)22-18-9-5-7-15-6-3-4-8-17(15)18/h5,7,9-11H,3-4,6,8,12H2,1-2H3,(H,22,23). The molecule has 3 rings (SSSR count). The zero-order valence-corrected chi connectivity index (χ0v) is 14.9. The van der Waals surface area contributed by atoms with Crippen molar-refractivity contribution in [1.29, 1.82) is 0 Å². The van der Waals surface area contributed by atoms with Gasteiger partial charge in [-0.05, 0) is 80.0 Å². The maximum atomic E-state index is 12.2. The number of aryl methyl sites for hydroxylation is 3. The molecule has 0 fully saturated rings. The SMILES string of the molecule is Cc1cc(OCC(=O)Nc2cccc3c2CCCC3)cc(C)c1Cl. The number of halogens is 1. The van der Waals surface area contributed by atoms with Crippen molar-refractivity contribution in [3.8, 4) is 5.75 Å². The monoisotopic (exact) mass is 343 g/mol. The normalized spacial score (nSPS) is 13.3. The quantitative estimate of drug-likeness (QED) is 0.861. The number of fused-ring (bicyclic) bond motifs is 1. The van der Waals surface area contributed by atoms with Crippen molar-refractivity contribution >= 4 is 23.2 Å². The van der Waals surface area contributed by atoms with Crippen LogP contribution in [0.15, 0.2) is 30.3 Å². The van der Waals surface area contributed by atoms with Crippen molar-refractivity contribution in [3.63, 3.8) is 0 Å². The van der Waals surface area contributed by atoms with E-state index in [2.05, 4.69) is 11.4 Å². The first-order valence-corrected chi connectivity index (χ1v) is 8.72. The van der Waals surface area contributed by atoms with Gasteiger partial charge in [0.25, 0.3) is 5.91 Å². The van der Waals surface area contributed by atoms with E-state index in [0.29, 0.717) is 5.75 Å². The fraction of sp³-hybridized carbons (Fsp3) is 0.350. The van der Waals surface area contributed by atoms with Crippen LogP contribution in [0.1, 0.15) is 35.1 Å². The molecule has 0 saturated heterocycles. The lowest BCUT2D eigenvalue weighted by Crippen LogP contribution is -2.21. The average molecular weight is 344 g/mol. The van der Waals surface area contributed by atoms with Gasteiger partial charge in [-0.2, -0.15) is 0 Å². The molecule has 24 heavy (non-hydrogen) atoms. The molecule has 0 bridgehead atoms. The van der Waals surface area contributed by atoms with E-state index < -0.39 is 0 Å². The van der Waals surface area contributed by atoms with Gasteiger partial charge in [0.05, 0.1) is 0 Å². The minimum absolute atomic E-state index is 0.00974. The lowest BCUT2D eigenvalue weighted by molar-refractivity contribution is -0.118. The number of hydrogen-bond acceptors (Lipinski definition) is 2. The summed E-state index contributed by atoms with van der Waals surface area (Å²) in [5.41, 5.74) is 5.44. The van der Waals surface area contributed by atoms with E-state index in [1.807, 2.05) is 38.1 Å². The second kappa shape index (κ2) is 7.27. The van der Waals surface area contributed by atoms with E-state index in [-0.39, 0.29) is 12.5 Å². The molecule has 1 N–H and O–H groups in total. The highest BCUT2D eigenvalue weighted by molar-refractivity contribution is 6.32. The lowest BCUT2D eigenvalue weighted by atomic mass is 9.90. The minimum atomic E-state index is -0.140. The zero-order valence-electron chi connectivity index (χ0n) is 14.1. The Hall–Kier alpha value is -2.00. The first kappa shape index (κ1) is 16.8. The van der Waals surface area contributed by atoms with E-state index >= 15 is 0 Å². The number of hydrogen-bond donors (Lipinski definition) is 1. The molecule has 2 aromatic rings. The summed E-state index contributed by atoms with van der Waals surface area (Å²) in [5, 5.41) is 3.73. The van der Waals surface area contributed by atoms with Gasteiger partial charge >= 0.3 is 0 Å². The van der Waals surface area contributed by atoms with E-state index in [1.165, 1.54) is 24.0 Å². The largest absolute Gasteiger partial charge is 0.484 e. The highest BCUT2D eigenvalue weighted by atomic mass is 35.5. The molecule has 0 saturated carbocycles. The number of amides is 1. The Morgan fingerprint density at radius 2 is 1.88 bits per heavy atom. The van der Waals surface area contributed by atoms with E-state index in [0.717, 1.165) is 34.7 Å². The predicted molar refractivity (Wildman–Crippen MR) is 98.1 cm³/mol. The molecule has 1 aliphatic carbocycles. The maximum absolute atomic E-state index is 12.2. The van der Waals surface area contributed by atoms with Gasteiger partial charge in [0, 0.05) is 10.7 Å². The van der Waals surface area contributed by atoms with E-state index in [4.69, 9.17) is 16.3 Å². The van der Waals surface area contributed by atoms with Crippen molar-refractivity contribution in [2.45, 2.75) is 39.5 Å². The van der Waals surface area contributed by atoms with Crippen LogP contribution in [0.4, 0.5) is 5.69 Å². The summed E-state index contributed by atoms with van der Waals surface area (Å²) < 4.78 is 5.63. The first-order chi connectivity index (χ1) is 11.5. The molecule has 0 aromatic heterocycles. The fourth-order valence-corrected chi connectivity index (χ4v) is 3.33. The van der Waals surface area contributed by atoms with Gasteiger partial charge in [-0.1, -0.05) is 23.7 Å².